The zero-order chi connectivity index (χ0) is 12.4. The zero-order valence-electron chi connectivity index (χ0n) is 9.56. The number of aromatic nitrogens is 1. The highest BCUT2D eigenvalue weighted by atomic mass is 16.7. The Kier molecular flexibility index (Phi) is 2.93. The minimum Gasteiger partial charge on any atom is -0.360 e. The van der Waals surface area contributed by atoms with Gasteiger partial charge in [-0.2, -0.15) is 0 Å². The number of H-pyrrole nitrogens is 1. The second-order valence-electron chi connectivity index (χ2n) is 3.56. The van der Waals surface area contributed by atoms with E-state index in [4.69, 9.17) is 4.84 Å². The molecule has 1 heterocycles. The molecule has 1 aromatic carbocycles. The molecule has 5 heteroatoms. The van der Waals surface area contributed by atoms with E-state index < -0.39 is 5.91 Å². The van der Waals surface area contributed by atoms with Gasteiger partial charge in [-0.25, -0.2) is 5.06 Å². The molecule has 5 nitrogen and oxygen atoms in total. The van der Waals surface area contributed by atoms with Crippen LogP contribution < -0.4 is 5.43 Å². The van der Waals surface area contributed by atoms with Gasteiger partial charge in [0.25, 0.3) is 5.91 Å². The van der Waals surface area contributed by atoms with Crippen molar-refractivity contribution >= 4 is 16.8 Å². The van der Waals surface area contributed by atoms with E-state index in [0.717, 1.165) is 5.06 Å². The second-order valence-corrected chi connectivity index (χ2v) is 3.56. The predicted molar refractivity (Wildman–Crippen MR) is 63.7 cm³/mol. The normalized spacial score (nSPS) is 10.5. The maximum atomic E-state index is 12.1. The molecule has 0 aliphatic heterocycles. The van der Waals surface area contributed by atoms with Crippen LogP contribution in [0.25, 0.3) is 10.9 Å². The summed E-state index contributed by atoms with van der Waals surface area (Å²) in [6.07, 6.45) is 1.41. The van der Waals surface area contributed by atoms with Gasteiger partial charge in [0, 0.05) is 24.1 Å². The van der Waals surface area contributed by atoms with Crippen LogP contribution in [0.1, 0.15) is 10.4 Å². The molecule has 0 saturated carbocycles. The van der Waals surface area contributed by atoms with Crippen LogP contribution in [-0.4, -0.2) is 30.1 Å². The molecule has 0 unspecified atom stereocenters. The molecule has 0 atom stereocenters. The highest BCUT2D eigenvalue weighted by Crippen LogP contribution is 2.08. The lowest BCUT2D eigenvalue weighted by atomic mass is 10.1. The number of benzene rings is 1. The summed E-state index contributed by atoms with van der Waals surface area (Å²) >= 11 is 0. The van der Waals surface area contributed by atoms with Gasteiger partial charge in [0.1, 0.15) is 5.56 Å². The number of carbonyl (C=O) groups excluding carboxylic acids is 1. The molecule has 0 fully saturated rings. The number of fused-ring (bicyclic) bond motifs is 1. The fourth-order valence-electron chi connectivity index (χ4n) is 1.58. The summed E-state index contributed by atoms with van der Waals surface area (Å²) in [7, 11) is 2.82. The van der Waals surface area contributed by atoms with Crippen LogP contribution in [0.15, 0.2) is 35.3 Å². The molecule has 1 N–H and O–H groups in total. The Balaban J connectivity index is 2.61. The first kappa shape index (κ1) is 11.3. The van der Waals surface area contributed by atoms with Gasteiger partial charge in [-0.1, -0.05) is 12.1 Å². The number of pyridine rings is 1. The van der Waals surface area contributed by atoms with Gasteiger partial charge >= 0.3 is 0 Å². The van der Waals surface area contributed by atoms with Gasteiger partial charge < -0.3 is 4.98 Å². The number of carbonyl (C=O) groups is 1. The number of aromatic amines is 1. The molecular weight excluding hydrogens is 220 g/mol. The summed E-state index contributed by atoms with van der Waals surface area (Å²) in [5.41, 5.74) is 0.468. The average molecular weight is 232 g/mol. The zero-order valence-corrected chi connectivity index (χ0v) is 9.56. The first-order chi connectivity index (χ1) is 8.15. The standard InChI is InChI=1S/C12H12N2O3/c1-14(17-2)12(16)9-7-13-10-6-4-3-5-8(10)11(9)15/h3-7H,1-2H3,(H,13,15). The van der Waals surface area contributed by atoms with Crippen LogP contribution in [-0.2, 0) is 4.84 Å². The fourth-order valence-corrected chi connectivity index (χ4v) is 1.58. The van der Waals surface area contributed by atoms with Gasteiger partial charge in [0.05, 0.1) is 7.11 Å². The van der Waals surface area contributed by atoms with Crippen molar-refractivity contribution in [2.45, 2.75) is 0 Å². The van der Waals surface area contributed by atoms with Crippen LogP contribution in [0.3, 0.4) is 0 Å². The van der Waals surface area contributed by atoms with E-state index in [9.17, 15) is 9.59 Å². The first-order valence-corrected chi connectivity index (χ1v) is 5.07. The van der Waals surface area contributed by atoms with E-state index in [1.54, 1.807) is 18.2 Å². The molecular formula is C12H12N2O3. The summed E-state index contributed by atoms with van der Waals surface area (Å²) in [6.45, 7) is 0. The molecule has 88 valence electrons. The minimum atomic E-state index is -0.473. The number of para-hydroxylation sites is 1. The van der Waals surface area contributed by atoms with Crippen molar-refractivity contribution in [1.82, 2.24) is 10.0 Å². The number of hydrogen-bond acceptors (Lipinski definition) is 3. The van der Waals surface area contributed by atoms with E-state index in [2.05, 4.69) is 4.98 Å². The molecule has 0 saturated heterocycles. The summed E-state index contributed by atoms with van der Waals surface area (Å²) in [4.78, 5) is 31.6. The molecule has 0 aliphatic carbocycles. The van der Waals surface area contributed by atoms with Crippen molar-refractivity contribution in [3.05, 3.63) is 46.2 Å². The van der Waals surface area contributed by atoms with E-state index in [1.165, 1.54) is 20.4 Å². The third-order valence-electron chi connectivity index (χ3n) is 2.58. The number of nitrogens with one attached hydrogen (secondary N) is 1. The molecule has 0 bridgehead atoms. The highest BCUT2D eigenvalue weighted by molar-refractivity contribution is 5.96. The Bertz CT molecular complexity index is 618. The molecule has 1 aromatic heterocycles. The maximum absolute atomic E-state index is 12.1. The summed E-state index contributed by atoms with van der Waals surface area (Å²) < 4.78 is 0. The highest BCUT2D eigenvalue weighted by Gasteiger charge is 2.16. The molecule has 1 amide bonds. The fraction of sp³-hybridized carbons (Fsp3) is 0.167. The van der Waals surface area contributed by atoms with E-state index in [-0.39, 0.29) is 11.0 Å². The molecule has 2 aromatic rings. The number of rotatable bonds is 2. The van der Waals surface area contributed by atoms with Gasteiger partial charge in [-0.3, -0.25) is 14.4 Å². The first-order valence-electron chi connectivity index (χ1n) is 5.07. The van der Waals surface area contributed by atoms with E-state index >= 15 is 0 Å². The van der Waals surface area contributed by atoms with Crippen LogP contribution >= 0.6 is 0 Å². The van der Waals surface area contributed by atoms with Crippen molar-refractivity contribution < 1.29 is 9.63 Å². The minimum absolute atomic E-state index is 0.0630. The Morgan fingerprint density at radius 2 is 2.06 bits per heavy atom. The van der Waals surface area contributed by atoms with Crippen molar-refractivity contribution in [3.8, 4) is 0 Å². The lowest BCUT2D eigenvalue weighted by Gasteiger charge is -2.13. The lowest BCUT2D eigenvalue weighted by Crippen LogP contribution is -2.30. The summed E-state index contributed by atoms with van der Waals surface area (Å²) in [5.74, 6) is -0.473. The Morgan fingerprint density at radius 3 is 2.76 bits per heavy atom. The predicted octanol–water partition coefficient (Wildman–Crippen LogP) is 1.16. The SMILES string of the molecule is CON(C)C(=O)c1c[nH]c2ccccc2c1=O. The second kappa shape index (κ2) is 4.39. The topological polar surface area (TPSA) is 62.4 Å². The smallest absolute Gasteiger partial charge is 0.282 e. The lowest BCUT2D eigenvalue weighted by molar-refractivity contribution is -0.0757. The van der Waals surface area contributed by atoms with Crippen molar-refractivity contribution in [2.24, 2.45) is 0 Å². The number of nitrogens with zero attached hydrogens (tertiary/aromatic N) is 1. The average Bonchev–Trinajstić information content (AvgIpc) is 2.38. The van der Waals surface area contributed by atoms with Gasteiger partial charge in [-0.15, -0.1) is 0 Å². The molecule has 0 aliphatic rings. The summed E-state index contributed by atoms with van der Waals surface area (Å²) in [6, 6.07) is 7.04. The molecule has 17 heavy (non-hydrogen) atoms. The largest absolute Gasteiger partial charge is 0.360 e. The third kappa shape index (κ3) is 1.92. The Morgan fingerprint density at radius 1 is 1.35 bits per heavy atom. The van der Waals surface area contributed by atoms with Crippen LogP contribution in [0.5, 0.6) is 0 Å². The summed E-state index contributed by atoms with van der Waals surface area (Å²) in [5, 5.41) is 1.50. The maximum Gasteiger partial charge on any atom is 0.282 e. The van der Waals surface area contributed by atoms with Gasteiger partial charge in [-0.05, 0) is 12.1 Å². The molecule has 2 rings (SSSR count). The van der Waals surface area contributed by atoms with Gasteiger partial charge in [0.15, 0.2) is 0 Å². The Hall–Kier alpha value is -2.14. The molecule has 0 spiro atoms. The third-order valence-corrected chi connectivity index (χ3v) is 2.58. The van der Waals surface area contributed by atoms with Crippen LogP contribution in [0, 0.1) is 0 Å². The monoisotopic (exact) mass is 232 g/mol. The van der Waals surface area contributed by atoms with E-state index in [0.29, 0.717) is 10.9 Å². The number of hydroxylamine groups is 2. The van der Waals surface area contributed by atoms with Crippen molar-refractivity contribution in [3.63, 3.8) is 0 Å². The quantitative estimate of drug-likeness (QED) is 0.790. The van der Waals surface area contributed by atoms with Crippen molar-refractivity contribution in [2.75, 3.05) is 14.2 Å². The van der Waals surface area contributed by atoms with Crippen molar-refractivity contribution in [1.29, 1.82) is 0 Å². The Labute approximate surface area is 97.6 Å². The number of amides is 1. The van der Waals surface area contributed by atoms with Crippen LogP contribution in [0.4, 0.5) is 0 Å². The van der Waals surface area contributed by atoms with Gasteiger partial charge in [0.2, 0.25) is 5.43 Å². The van der Waals surface area contributed by atoms with Crippen LogP contribution in [0.2, 0.25) is 0 Å². The number of hydrogen-bond donors (Lipinski definition) is 1. The van der Waals surface area contributed by atoms with E-state index in [1.807, 2.05) is 6.07 Å². The molecule has 0 radical (unpaired) electrons.